The molecule has 1 N–H and O–H groups in total. The van der Waals surface area contributed by atoms with Crippen LogP contribution in [-0.2, 0) is 16.1 Å². The molecule has 3 rings (SSSR count). The van der Waals surface area contributed by atoms with Crippen LogP contribution in [0.3, 0.4) is 0 Å². The molecule has 0 aliphatic heterocycles. The fourth-order valence-corrected chi connectivity index (χ4v) is 4.04. The Bertz CT molecular complexity index is 909. The summed E-state index contributed by atoms with van der Waals surface area (Å²) >= 11 is 0. The molecule has 1 saturated carbocycles. The van der Waals surface area contributed by atoms with Crippen molar-refractivity contribution in [3.63, 3.8) is 0 Å². The molecule has 2 amide bonds. The highest BCUT2D eigenvalue weighted by molar-refractivity contribution is 5.88. The van der Waals surface area contributed by atoms with Gasteiger partial charge in [0.2, 0.25) is 5.91 Å². The number of hydrogen-bond donors (Lipinski definition) is 1. The summed E-state index contributed by atoms with van der Waals surface area (Å²) < 4.78 is 16.3. The largest absolute Gasteiger partial charge is 0.497 e. The molecular weight excluding hydrogens is 420 g/mol. The van der Waals surface area contributed by atoms with Gasteiger partial charge in [-0.15, -0.1) is 0 Å². The van der Waals surface area contributed by atoms with Gasteiger partial charge < -0.3 is 24.4 Å². The van der Waals surface area contributed by atoms with Crippen LogP contribution in [0.2, 0.25) is 0 Å². The van der Waals surface area contributed by atoms with Crippen molar-refractivity contribution in [1.82, 2.24) is 10.2 Å². The van der Waals surface area contributed by atoms with Crippen LogP contribution in [0.25, 0.3) is 0 Å². The maximum Gasteiger partial charge on any atom is 0.261 e. The molecule has 7 nitrogen and oxygen atoms in total. The number of carbonyl (C=O) groups is 2. The number of rotatable bonds is 10. The molecule has 0 spiro atoms. The van der Waals surface area contributed by atoms with Crippen LogP contribution in [0, 0.1) is 0 Å². The minimum Gasteiger partial charge on any atom is -0.497 e. The summed E-state index contributed by atoms with van der Waals surface area (Å²) in [6.45, 7) is 1.86. The van der Waals surface area contributed by atoms with Gasteiger partial charge in [-0.2, -0.15) is 0 Å². The van der Waals surface area contributed by atoms with Gasteiger partial charge in [-0.3, -0.25) is 9.59 Å². The molecule has 2 aromatic rings. The van der Waals surface area contributed by atoms with Crippen molar-refractivity contribution in [1.29, 1.82) is 0 Å². The van der Waals surface area contributed by atoms with Crippen molar-refractivity contribution in [3.05, 3.63) is 54.1 Å². The summed E-state index contributed by atoms with van der Waals surface area (Å²) in [6, 6.07) is 14.2. The molecule has 0 heterocycles. The fraction of sp³-hybridized carbons (Fsp3) is 0.462. The second kappa shape index (κ2) is 12.1. The van der Waals surface area contributed by atoms with Crippen LogP contribution in [0.1, 0.15) is 44.6 Å². The molecule has 1 fully saturated rings. The van der Waals surface area contributed by atoms with E-state index in [-0.39, 0.29) is 31.0 Å². The summed E-state index contributed by atoms with van der Waals surface area (Å²) in [5.41, 5.74) is 0.902. The molecule has 0 aromatic heterocycles. The quantitative estimate of drug-likeness (QED) is 0.588. The number of nitrogens with zero attached hydrogens (tertiary/aromatic N) is 1. The summed E-state index contributed by atoms with van der Waals surface area (Å²) in [4.78, 5) is 27.8. The Labute approximate surface area is 196 Å². The summed E-state index contributed by atoms with van der Waals surface area (Å²) in [5.74, 6) is 1.36. The topological polar surface area (TPSA) is 77.1 Å². The van der Waals surface area contributed by atoms with E-state index in [0.29, 0.717) is 11.5 Å². The van der Waals surface area contributed by atoms with E-state index in [1.54, 1.807) is 38.2 Å². The highest BCUT2D eigenvalue weighted by atomic mass is 16.5. The zero-order valence-electron chi connectivity index (χ0n) is 19.7. The van der Waals surface area contributed by atoms with Crippen LogP contribution in [-0.4, -0.2) is 49.6 Å². The minimum absolute atomic E-state index is 0.138. The first-order chi connectivity index (χ1) is 16.0. The smallest absolute Gasteiger partial charge is 0.261 e. The standard InChI is InChI=1S/C26H34N2O5/c1-19(26(30)27-21-9-5-4-6-10-21)28(17-20-13-15-22(31-2)16-14-20)25(29)18-33-24-12-8-7-11-23(24)32-3/h7-8,11-16,19,21H,4-6,9-10,17-18H2,1-3H3,(H,27,30)/t19-/m0/s1. The molecule has 0 saturated heterocycles. The number of ether oxygens (including phenoxy) is 3. The van der Waals surface area contributed by atoms with E-state index in [1.807, 2.05) is 36.4 Å². The van der Waals surface area contributed by atoms with Gasteiger partial charge in [0.05, 0.1) is 14.2 Å². The maximum absolute atomic E-state index is 13.2. The highest BCUT2D eigenvalue weighted by Gasteiger charge is 2.28. The summed E-state index contributed by atoms with van der Waals surface area (Å²) in [6.07, 6.45) is 5.44. The minimum atomic E-state index is -0.636. The van der Waals surface area contributed by atoms with Gasteiger partial charge in [-0.1, -0.05) is 43.5 Å². The Morgan fingerprint density at radius 3 is 2.27 bits per heavy atom. The first-order valence-electron chi connectivity index (χ1n) is 11.5. The van der Waals surface area contributed by atoms with Crippen molar-refractivity contribution in [2.45, 2.75) is 57.7 Å². The van der Waals surface area contributed by atoms with Crippen LogP contribution in [0.15, 0.2) is 48.5 Å². The van der Waals surface area contributed by atoms with Crippen molar-refractivity contribution in [3.8, 4) is 17.2 Å². The lowest BCUT2D eigenvalue weighted by Gasteiger charge is -2.31. The van der Waals surface area contributed by atoms with E-state index in [0.717, 1.165) is 37.0 Å². The van der Waals surface area contributed by atoms with Gasteiger partial charge in [0, 0.05) is 12.6 Å². The molecular formula is C26H34N2O5. The molecule has 2 aromatic carbocycles. The molecule has 1 atom stereocenters. The number of benzene rings is 2. The fourth-order valence-electron chi connectivity index (χ4n) is 4.04. The van der Waals surface area contributed by atoms with E-state index in [4.69, 9.17) is 14.2 Å². The lowest BCUT2D eigenvalue weighted by atomic mass is 9.95. The Kier molecular flexibility index (Phi) is 8.98. The average Bonchev–Trinajstić information content (AvgIpc) is 2.86. The zero-order valence-corrected chi connectivity index (χ0v) is 19.7. The SMILES string of the molecule is COc1ccc(CN(C(=O)COc2ccccc2OC)[C@@H](C)C(=O)NC2CCCCC2)cc1. The van der Waals surface area contributed by atoms with E-state index in [9.17, 15) is 9.59 Å². The predicted octanol–water partition coefficient (Wildman–Crippen LogP) is 3.95. The lowest BCUT2D eigenvalue weighted by Crippen LogP contribution is -2.51. The van der Waals surface area contributed by atoms with Gasteiger partial charge in [0.25, 0.3) is 5.91 Å². The Morgan fingerprint density at radius 2 is 1.64 bits per heavy atom. The Hall–Kier alpha value is -3.22. The number of para-hydroxylation sites is 2. The second-order valence-electron chi connectivity index (χ2n) is 8.33. The van der Waals surface area contributed by atoms with Crippen LogP contribution >= 0.6 is 0 Å². The zero-order chi connectivity index (χ0) is 23.6. The van der Waals surface area contributed by atoms with E-state index < -0.39 is 6.04 Å². The third kappa shape index (κ3) is 6.88. The third-order valence-corrected chi connectivity index (χ3v) is 6.05. The van der Waals surface area contributed by atoms with Crippen molar-refractivity contribution >= 4 is 11.8 Å². The molecule has 0 unspecified atom stereocenters. The Balaban J connectivity index is 1.72. The highest BCUT2D eigenvalue weighted by Crippen LogP contribution is 2.26. The van der Waals surface area contributed by atoms with Gasteiger partial charge in [0.15, 0.2) is 18.1 Å². The van der Waals surface area contributed by atoms with Gasteiger partial charge in [-0.25, -0.2) is 0 Å². The first kappa shape index (κ1) is 24.4. The monoisotopic (exact) mass is 454 g/mol. The van der Waals surface area contributed by atoms with Crippen LogP contribution in [0.5, 0.6) is 17.2 Å². The summed E-state index contributed by atoms with van der Waals surface area (Å²) in [5, 5.41) is 3.14. The van der Waals surface area contributed by atoms with Crippen LogP contribution < -0.4 is 19.5 Å². The molecule has 1 aliphatic rings. The molecule has 1 aliphatic carbocycles. The predicted molar refractivity (Wildman–Crippen MR) is 127 cm³/mol. The van der Waals surface area contributed by atoms with Gasteiger partial charge in [0.1, 0.15) is 11.8 Å². The van der Waals surface area contributed by atoms with Crippen LogP contribution in [0.4, 0.5) is 0 Å². The van der Waals surface area contributed by atoms with Gasteiger partial charge in [-0.05, 0) is 49.6 Å². The lowest BCUT2D eigenvalue weighted by molar-refractivity contribution is -0.142. The van der Waals surface area contributed by atoms with E-state index in [2.05, 4.69) is 5.32 Å². The molecule has 0 radical (unpaired) electrons. The number of nitrogens with one attached hydrogen (secondary N) is 1. The molecule has 33 heavy (non-hydrogen) atoms. The molecule has 7 heteroatoms. The number of amides is 2. The number of carbonyl (C=O) groups excluding carboxylic acids is 2. The van der Waals surface area contributed by atoms with E-state index in [1.165, 1.54) is 6.42 Å². The first-order valence-corrected chi connectivity index (χ1v) is 11.5. The normalized spacial score (nSPS) is 14.8. The number of hydrogen-bond acceptors (Lipinski definition) is 5. The van der Waals surface area contributed by atoms with E-state index >= 15 is 0 Å². The summed E-state index contributed by atoms with van der Waals surface area (Å²) in [7, 11) is 3.16. The molecule has 178 valence electrons. The second-order valence-corrected chi connectivity index (χ2v) is 8.33. The molecule has 0 bridgehead atoms. The van der Waals surface area contributed by atoms with Crippen molar-refractivity contribution in [2.75, 3.05) is 20.8 Å². The Morgan fingerprint density at radius 1 is 0.970 bits per heavy atom. The van der Waals surface area contributed by atoms with Crippen molar-refractivity contribution in [2.24, 2.45) is 0 Å². The van der Waals surface area contributed by atoms with Gasteiger partial charge >= 0.3 is 0 Å². The number of methoxy groups -OCH3 is 2. The van der Waals surface area contributed by atoms with Crippen molar-refractivity contribution < 1.29 is 23.8 Å². The average molecular weight is 455 g/mol. The maximum atomic E-state index is 13.2. The third-order valence-electron chi connectivity index (χ3n) is 6.05.